The van der Waals surface area contributed by atoms with Crippen LogP contribution in [0, 0.1) is 0 Å². The van der Waals surface area contributed by atoms with Gasteiger partial charge in [0.15, 0.2) is 0 Å². The van der Waals surface area contributed by atoms with Crippen LogP contribution in [0.4, 0.5) is 22.7 Å². The first-order valence-electron chi connectivity index (χ1n) is 17.6. The third-order valence-electron chi connectivity index (χ3n) is 10.8. The summed E-state index contributed by atoms with van der Waals surface area (Å²) in [6, 6.07) is 64.0. The average Bonchev–Trinajstić information content (AvgIpc) is 3.72. The van der Waals surface area contributed by atoms with Gasteiger partial charge in [0.05, 0.1) is 22.4 Å². The van der Waals surface area contributed by atoms with Crippen molar-refractivity contribution < 1.29 is 0 Å². The van der Waals surface area contributed by atoms with Crippen LogP contribution in [0.3, 0.4) is 0 Å². The van der Waals surface area contributed by atoms with Gasteiger partial charge < -0.3 is 9.47 Å². The molecule has 0 saturated carbocycles. The van der Waals surface area contributed by atoms with E-state index in [0.717, 1.165) is 11.4 Å². The maximum absolute atomic E-state index is 2.56. The molecule has 0 radical (unpaired) electrons. The highest BCUT2D eigenvalue weighted by Crippen LogP contribution is 2.53. The Morgan fingerprint density at radius 3 is 1.67 bits per heavy atom. The smallest absolute Gasteiger partial charge is 0.235 e. The molecule has 0 fully saturated rings. The Morgan fingerprint density at radius 2 is 1.00 bits per heavy atom. The Bertz CT molecular complexity index is 2690. The lowest BCUT2D eigenvalue weighted by molar-refractivity contribution is 0.930. The van der Waals surface area contributed by atoms with E-state index in [2.05, 4.69) is 202 Å². The lowest BCUT2D eigenvalue weighted by atomic mass is 9.90. The second-order valence-corrected chi connectivity index (χ2v) is 13.6. The zero-order valence-electron chi connectivity index (χ0n) is 27.8. The van der Waals surface area contributed by atoms with Crippen LogP contribution in [0.25, 0.3) is 55.3 Å². The van der Waals surface area contributed by atoms with E-state index >= 15 is 0 Å². The summed E-state index contributed by atoms with van der Waals surface area (Å²) in [5.41, 5.74) is 17.0. The van der Waals surface area contributed by atoms with Crippen LogP contribution in [0.5, 0.6) is 0 Å². The molecule has 3 heteroatoms. The summed E-state index contributed by atoms with van der Waals surface area (Å²) in [6.07, 6.45) is 4.88. The number of para-hydroxylation sites is 5. The van der Waals surface area contributed by atoms with Crippen molar-refractivity contribution in [1.82, 2.24) is 9.14 Å². The van der Waals surface area contributed by atoms with E-state index in [-0.39, 0.29) is 6.04 Å². The molecule has 238 valence electrons. The molecule has 0 saturated heterocycles. The number of nitrogens with zero attached hydrogens (tertiary/aromatic N) is 3. The quantitative estimate of drug-likeness (QED) is 0.173. The highest BCUT2D eigenvalue weighted by molar-refractivity contribution is 6.25. The van der Waals surface area contributed by atoms with E-state index in [0.29, 0.717) is 0 Å². The second-order valence-electron chi connectivity index (χ2n) is 13.6. The van der Waals surface area contributed by atoms with E-state index < -0.39 is 0 Å². The lowest BCUT2D eigenvalue weighted by Crippen LogP contribution is -2.44. The molecule has 3 heterocycles. The Hall–Kier alpha value is -6.71. The molecule has 0 spiro atoms. The van der Waals surface area contributed by atoms with Crippen molar-refractivity contribution in [3.63, 3.8) is 0 Å². The van der Waals surface area contributed by atoms with Crippen molar-refractivity contribution in [2.24, 2.45) is 0 Å². The summed E-state index contributed by atoms with van der Waals surface area (Å²) < 4.78 is 4.99. The Balaban J connectivity index is 1.26. The molecule has 11 rings (SSSR count). The molecule has 7 aromatic carbocycles. The van der Waals surface area contributed by atoms with Crippen molar-refractivity contribution in [2.75, 3.05) is 4.90 Å². The van der Waals surface area contributed by atoms with Crippen molar-refractivity contribution in [2.45, 2.75) is 6.04 Å². The number of rotatable bonds is 4. The number of hydrogen-bond donors (Lipinski definition) is 0. The van der Waals surface area contributed by atoms with Gasteiger partial charge >= 0.3 is 0 Å². The minimum atomic E-state index is 0.0229. The highest BCUT2D eigenvalue weighted by atomic mass is 15.3. The molecule has 51 heavy (non-hydrogen) atoms. The largest absolute Gasteiger partial charge is 0.318 e. The number of aromatic nitrogens is 1. The molecule has 0 amide bonds. The number of allylic oxidation sites excluding steroid dienone is 2. The lowest BCUT2D eigenvalue weighted by Gasteiger charge is -2.33. The molecular weight excluding hydrogens is 619 g/mol. The summed E-state index contributed by atoms with van der Waals surface area (Å²) in [5.74, 6) is 0. The fourth-order valence-corrected chi connectivity index (χ4v) is 8.64. The number of benzene rings is 7. The monoisotopic (exact) mass is 650 g/mol. The van der Waals surface area contributed by atoms with E-state index in [4.69, 9.17) is 0 Å². The third kappa shape index (κ3) is 4.15. The Labute approximate surface area is 296 Å². The van der Waals surface area contributed by atoms with Crippen molar-refractivity contribution in [3.8, 4) is 22.3 Å². The fraction of sp³-hybridized carbons (Fsp3) is 0.0208. The van der Waals surface area contributed by atoms with Gasteiger partial charge in [-0.15, -0.1) is 0 Å². The van der Waals surface area contributed by atoms with Gasteiger partial charge in [0, 0.05) is 40.6 Å². The molecule has 0 bridgehead atoms. The molecule has 3 aliphatic rings. The van der Waals surface area contributed by atoms with Gasteiger partial charge in [0.2, 0.25) is 17.1 Å². The van der Waals surface area contributed by atoms with Crippen LogP contribution >= 0.6 is 0 Å². The Kier molecular flexibility index (Phi) is 6.02. The molecular formula is C48H32N3+. The van der Waals surface area contributed by atoms with Crippen LogP contribution < -0.4 is 9.48 Å². The maximum Gasteiger partial charge on any atom is 0.235 e. The van der Waals surface area contributed by atoms with E-state index in [1.165, 1.54) is 78.0 Å². The van der Waals surface area contributed by atoms with Gasteiger partial charge in [-0.1, -0.05) is 127 Å². The summed E-state index contributed by atoms with van der Waals surface area (Å²) in [5, 5.41) is 2.53. The molecule has 1 aromatic heterocycles. The zero-order valence-corrected chi connectivity index (χ0v) is 27.8. The molecule has 1 aliphatic carbocycles. The number of hydrogen-bond acceptors (Lipinski definition) is 1. The minimum Gasteiger partial charge on any atom is -0.318 e. The first kappa shape index (κ1) is 28.2. The predicted molar refractivity (Wildman–Crippen MR) is 214 cm³/mol. The van der Waals surface area contributed by atoms with Crippen LogP contribution in [0.15, 0.2) is 188 Å². The van der Waals surface area contributed by atoms with E-state index in [9.17, 15) is 0 Å². The van der Waals surface area contributed by atoms with Gasteiger partial charge in [0.1, 0.15) is 11.7 Å². The summed E-state index contributed by atoms with van der Waals surface area (Å²) >= 11 is 0. The molecule has 3 nitrogen and oxygen atoms in total. The van der Waals surface area contributed by atoms with Gasteiger partial charge in [0.25, 0.3) is 0 Å². The third-order valence-corrected chi connectivity index (χ3v) is 10.8. The highest BCUT2D eigenvalue weighted by Gasteiger charge is 2.49. The van der Waals surface area contributed by atoms with Crippen molar-refractivity contribution in [1.29, 1.82) is 0 Å². The second kappa shape index (κ2) is 10.9. The number of fused-ring (bicyclic) bond motifs is 8. The maximum atomic E-state index is 2.56. The summed E-state index contributed by atoms with van der Waals surface area (Å²) in [4.78, 5) is 2.56. The topological polar surface area (TPSA) is 11.2 Å². The number of anilines is 2. The zero-order chi connectivity index (χ0) is 33.5. The SMILES string of the molecule is C1=C2c3ccccc3N3c4ccccc4[N+](c4cc(-c5ccccc5)cc(-c5ccccc5)c4)=C(C=C1n1c4ccccc4c4ccccc41)C23. The van der Waals surface area contributed by atoms with Gasteiger partial charge in [-0.25, -0.2) is 0 Å². The van der Waals surface area contributed by atoms with Crippen molar-refractivity contribution in [3.05, 3.63) is 194 Å². The van der Waals surface area contributed by atoms with Crippen LogP contribution in [0.1, 0.15) is 5.56 Å². The summed E-state index contributed by atoms with van der Waals surface area (Å²) in [6.45, 7) is 0. The van der Waals surface area contributed by atoms with Crippen LogP contribution in [-0.2, 0) is 0 Å². The van der Waals surface area contributed by atoms with Gasteiger partial charge in [-0.05, 0) is 64.2 Å². The van der Waals surface area contributed by atoms with E-state index in [1.54, 1.807) is 0 Å². The predicted octanol–water partition coefficient (Wildman–Crippen LogP) is 11.9. The minimum absolute atomic E-state index is 0.0229. The summed E-state index contributed by atoms with van der Waals surface area (Å²) in [7, 11) is 0. The van der Waals surface area contributed by atoms with E-state index in [1.807, 2.05) is 0 Å². The average molecular weight is 651 g/mol. The molecule has 1 atom stereocenters. The van der Waals surface area contributed by atoms with Gasteiger partial charge in [-0.2, -0.15) is 4.58 Å². The standard InChI is InChI=1S/C48H32N3/c1-3-15-32(16-4-1)34-27-35(33-17-5-2-6-18-33)29-36(28-34)50-45-25-13-14-26-46(45)51-44-24-12-9-21-40(44)41-30-37(31-47(50)48(41)51)49-42-22-10-7-19-38(42)39-20-8-11-23-43(39)49/h1-31,48H/q+1. The van der Waals surface area contributed by atoms with Crippen LogP contribution in [0.2, 0.25) is 0 Å². The molecule has 8 aromatic rings. The first-order valence-corrected chi connectivity index (χ1v) is 17.6. The molecule has 2 aliphatic heterocycles. The molecule has 1 unspecified atom stereocenters. The Morgan fingerprint density at radius 1 is 0.451 bits per heavy atom. The fourth-order valence-electron chi connectivity index (χ4n) is 8.64. The van der Waals surface area contributed by atoms with Crippen LogP contribution in [-0.4, -0.2) is 16.3 Å². The van der Waals surface area contributed by atoms with Gasteiger partial charge in [-0.3, -0.25) is 0 Å². The molecule has 0 N–H and O–H groups in total. The van der Waals surface area contributed by atoms with Crippen molar-refractivity contribution >= 4 is 61.5 Å². The first-order chi connectivity index (χ1) is 25.3. The normalized spacial score (nSPS) is 15.8.